The molecule has 1 saturated heterocycles. The summed E-state index contributed by atoms with van der Waals surface area (Å²) in [5.74, 6) is 1.11. The molecule has 1 N–H and O–H groups in total. The molecule has 1 unspecified atom stereocenters. The van der Waals surface area contributed by atoms with Gasteiger partial charge in [0.15, 0.2) is 0 Å². The Hall–Kier alpha value is -3.10. The second-order valence-electron chi connectivity index (χ2n) is 7.69. The number of sulfone groups is 1. The van der Waals surface area contributed by atoms with Crippen molar-refractivity contribution in [2.24, 2.45) is 0 Å². The van der Waals surface area contributed by atoms with E-state index < -0.39 is 15.4 Å². The van der Waals surface area contributed by atoms with Crippen LogP contribution in [0.15, 0.2) is 73.1 Å². The summed E-state index contributed by atoms with van der Waals surface area (Å²) < 4.78 is 30.1. The summed E-state index contributed by atoms with van der Waals surface area (Å²) in [6.45, 7) is 0.253. The largest absolute Gasteiger partial charge is 0.457 e. The smallest absolute Gasteiger partial charge is 0.322 e. The molecule has 0 bridgehead atoms. The van der Waals surface area contributed by atoms with E-state index in [-0.39, 0.29) is 24.7 Å². The molecule has 1 fully saturated rings. The van der Waals surface area contributed by atoms with Crippen molar-refractivity contribution in [2.75, 3.05) is 23.5 Å². The van der Waals surface area contributed by atoms with Crippen LogP contribution in [0.2, 0.25) is 5.02 Å². The highest BCUT2D eigenvalue weighted by atomic mass is 35.5. The molecule has 7 nitrogen and oxygen atoms in total. The summed E-state index contributed by atoms with van der Waals surface area (Å²) >= 11 is 6.04. The van der Waals surface area contributed by atoms with Gasteiger partial charge in [0.1, 0.15) is 21.3 Å². The van der Waals surface area contributed by atoms with E-state index in [1.54, 1.807) is 53.7 Å². The minimum Gasteiger partial charge on any atom is -0.457 e. The summed E-state index contributed by atoms with van der Waals surface area (Å²) in [4.78, 5) is 18.5. The van der Waals surface area contributed by atoms with Gasteiger partial charge in [-0.3, -0.25) is 9.88 Å². The van der Waals surface area contributed by atoms with Crippen LogP contribution in [0.4, 0.5) is 10.5 Å². The van der Waals surface area contributed by atoms with Gasteiger partial charge in [-0.15, -0.1) is 0 Å². The Morgan fingerprint density at radius 1 is 1.09 bits per heavy atom. The van der Waals surface area contributed by atoms with Crippen molar-refractivity contribution >= 4 is 33.2 Å². The lowest BCUT2D eigenvalue weighted by Gasteiger charge is -2.38. The molecule has 1 aliphatic rings. The molecular weight excluding hydrogens is 450 g/mol. The van der Waals surface area contributed by atoms with Crippen LogP contribution in [-0.2, 0) is 15.4 Å². The maximum atomic E-state index is 12.9. The van der Waals surface area contributed by atoms with Gasteiger partial charge < -0.3 is 10.1 Å². The molecule has 3 aromatic rings. The van der Waals surface area contributed by atoms with Crippen molar-refractivity contribution in [2.45, 2.75) is 12.0 Å². The topological polar surface area (TPSA) is 88.6 Å². The second kappa shape index (κ2) is 8.80. The molecule has 2 amide bonds. The van der Waals surface area contributed by atoms with E-state index in [1.165, 1.54) is 6.26 Å². The Morgan fingerprint density at radius 3 is 2.50 bits per heavy atom. The number of benzene rings is 2. The van der Waals surface area contributed by atoms with Crippen molar-refractivity contribution < 1.29 is 17.9 Å². The van der Waals surface area contributed by atoms with E-state index in [9.17, 15) is 13.2 Å². The average Bonchev–Trinajstić information content (AvgIpc) is 3.11. The quantitative estimate of drug-likeness (QED) is 0.552. The number of rotatable bonds is 7. The lowest BCUT2D eigenvalue weighted by atomic mass is 9.86. The number of amides is 2. The van der Waals surface area contributed by atoms with Gasteiger partial charge in [-0.25, -0.2) is 13.2 Å². The Kier molecular flexibility index (Phi) is 6.08. The third-order valence-electron chi connectivity index (χ3n) is 5.39. The van der Waals surface area contributed by atoms with E-state index in [2.05, 4.69) is 10.3 Å². The summed E-state index contributed by atoms with van der Waals surface area (Å²) in [5.41, 5.74) is 0.463. The Morgan fingerprint density at radius 2 is 1.81 bits per heavy atom. The molecule has 2 heterocycles. The van der Waals surface area contributed by atoms with Crippen LogP contribution in [0, 0.1) is 0 Å². The Bertz CT molecular complexity index is 1220. The lowest BCUT2D eigenvalue weighted by Crippen LogP contribution is -2.46. The average molecular weight is 472 g/mol. The molecule has 0 radical (unpaired) electrons. The highest BCUT2D eigenvalue weighted by Crippen LogP contribution is 2.41. The van der Waals surface area contributed by atoms with Crippen molar-refractivity contribution in [3.05, 3.63) is 83.6 Å². The van der Waals surface area contributed by atoms with Crippen LogP contribution in [0.25, 0.3) is 0 Å². The number of halogens is 1. The zero-order valence-corrected chi connectivity index (χ0v) is 18.9. The van der Waals surface area contributed by atoms with Gasteiger partial charge in [-0.05, 0) is 60.5 Å². The molecule has 0 aliphatic carbocycles. The third-order valence-corrected chi connectivity index (χ3v) is 6.59. The van der Waals surface area contributed by atoms with Crippen molar-refractivity contribution in [1.29, 1.82) is 0 Å². The number of aromatic nitrogens is 1. The molecule has 1 aromatic heterocycles. The fourth-order valence-corrected chi connectivity index (χ4v) is 4.68. The molecule has 2 aromatic carbocycles. The van der Waals surface area contributed by atoms with E-state index in [0.29, 0.717) is 22.2 Å². The number of nitrogens with one attached hydrogen (secondary N) is 1. The molecule has 0 saturated carbocycles. The summed E-state index contributed by atoms with van der Waals surface area (Å²) in [6.07, 6.45) is 4.68. The van der Waals surface area contributed by atoms with Crippen LogP contribution >= 0.6 is 11.6 Å². The minimum atomic E-state index is -3.27. The number of anilines is 1. The summed E-state index contributed by atoms with van der Waals surface area (Å²) in [5, 5.41) is 3.43. The van der Waals surface area contributed by atoms with Gasteiger partial charge in [0.05, 0.1) is 11.3 Å². The molecule has 166 valence electrons. The fourth-order valence-electron chi connectivity index (χ4n) is 3.85. The summed E-state index contributed by atoms with van der Waals surface area (Å²) in [6, 6.07) is 17.4. The number of carbonyl (C=O) groups excluding carboxylic acids is 1. The van der Waals surface area contributed by atoms with Gasteiger partial charge >= 0.3 is 6.03 Å². The van der Waals surface area contributed by atoms with Gasteiger partial charge in [0.25, 0.3) is 0 Å². The maximum Gasteiger partial charge on any atom is 0.322 e. The van der Waals surface area contributed by atoms with Crippen LogP contribution in [0.5, 0.6) is 11.5 Å². The fraction of sp³-hybridized carbons (Fsp3) is 0.217. The number of pyridine rings is 1. The van der Waals surface area contributed by atoms with Crippen molar-refractivity contribution in [3.8, 4) is 11.5 Å². The first kappa shape index (κ1) is 22.1. The van der Waals surface area contributed by atoms with Gasteiger partial charge in [0, 0.05) is 35.9 Å². The highest BCUT2D eigenvalue weighted by Gasteiger charge is 2.48. The first-order chi connectivity index (χ1) is 15.3. The first-order valence-electron chi connectivity index (χ1n) is 9.97. The normalized spacial score (nSPS) is 18.4. The number of urea groups is 1. The zero-order chi connectivity index (χ0) is 22.8. The maximum absolute atomic E-state index is 12.9. The second-order valence-corrected chi connectivity index (χ2v) is 10.4. The van der Waals surface area contributed by atoms with Crippen molar-refractivity contribution in [3.63, 3.8) is 0 Å². The lowest BCUT2D eigenvalue weighted by molar-refractivity contribution is 0.250. The van der Waals surface area contributed by atoms with Crippen LogP contribution in [-0.4, -0.2) is 38.0 Å². The molecule has 1 aliphatic heterocycles. The van der Waals surface area contributed by atoms with Crippen LogP contribution in [0.1, 0.15) is 12.0 Å². The molecule has 9 heteroatoms. The molecular formula is C23H22ClN3O4S. The van der Waals surface area contributed by atoms with Gasteiger partial charge in [-0.2, -0.15) is 0 Å². The minimum absolute atomic E-state index is 0.0819. The first-order valence-corrected chi connectivity index (χ1v) is 12.4. The number of hydrogen-bond acceptors (Lipinski definition) is 5. The molecule has 0 spiro atoms. The van der Waals surface area contributed by atoms with Gasteiger partial charge in [-0.1, -0.05) is 23.7 Å². The van der Waals surface area contributed by atoms with E-state index in [1.807, 2.05) is 24.3 Å². The predicted octanol–water partition coefficient (Wildman–Crippen LogP) is 4.39. The Labute approximate surface area is 191 Å². The molecule has 32 heavy (non-hydrogen) atoms. The standard InChI is InChI=1S/C23H22ClN3O4S/c1-32(29,30)14-11-23(16-26-22(28)27(23)19-7-5-18(24)6-8-19)17-3-2-4-21(15-17)31-20-9-12-25-13-10-20/h2-10,12-13,15H,11,14,16H2,1H3,(H,26,28). The number of nitrogens with zero attached hydrogens (tertiary/aromatic N) is 2. The highest BCUT2D eigenvalue weighted by molar-refractivity contribution is 7.90. The monoisotopic (exact) mass is 471 g/mol. The number of hydrogen-bond donors (Lipinski definition) is 1. The molecule has 1 atom stereocenters. The number of carbonyl (C=O) groups is 1. The van der Waals surface area contributed by atoms with Crippen LogP contribution in [0.3, 0.4) is 0 Å². The predicted molar refractivity (Wildman–Crippen MR) is 124 cm³/mol. The number of ether oxygens (including phenoxy) is 1. The van der Waals surface area contributed by atoms with E-state index >= 15 is 0 Å². The van der Waals surface area contributed by atoms with E-state index in [0.717, 1.165) is 5.56 Å². The Balaban J connectivity index is 1.79. The SMILES string of the molecule is CS(=O)(=O)CCC1(c2cccc(Oc3ccncc3)c2)CNC(=O)N1c1ccc(Cl)cc1. The zero-order valence-electron chi connectivity index (χ0n) is 17.4. The van der Waals surface area contributed by atoms with Crippen molar-refractivity contribution in [1.82, 2.24) is 10.3 Å². The molecule has 4 rings (SSSR count). The van der Waals surface area contributed by atoms with Gasteiger partial charge in [0.2, 0.25) is 0 Å². The van der Waals surface area contributed by atoms with E-state index in [4.69, 9.17) is 16.3 Å². The third kappa shape index (κ3) is 4.71. The van der Waals surface area contributed by atoms with Crippen LogP contribution < -0.4 is 15.0 Å². The summed E-state index contributed by atoms with van der Waals surface area (Å²) in [7, 11) is -3.27.